The number of rotatable bonds is 2. The first-order valence-electron chi connectivity index (χ1n) is 4.57. The van der Waals surface area contributed by atoms with Crippen molar-refractivity contribution in [1.82, 2.24) is 9.97 Å². The number of benzene rings is 1. The van der Waals surface area contributed by atoms with Crippen LogP contribution in [0.5, 0.6) is 0 Å². The minimum atomic E-state index is -0.701. The predicted molar refractivity (Wildman–Crippen MR) is 56.2 cm³/mol. The van der Waals surface area contributed by atoms with E-state index in [2.05, 4.69) is 9.97 Å². The Morgan fingerprint density at radius 1 is 1.12 bits per heavy atom. The van der Waals surface area contributed by atoms with Crippen LogP contribution in [-0.4, -0.2) is 9.97 Å². The largest absolute Gasteiger partial charge is 0.238 e. The van der Waals surface area contributed by atoms with Gasteiger partial charge in [-0.3, -0.25) is 0 Å². The van der Waals surface area contributed by atoms with E-state index in [0.29, 0.717) is 5.56 Å². The molecule has 0 unspecified atom stereocenters. The lowest BCUT2D eigenvalue weighted by molar-refractivity contribution is 0.586. The molecule has 1 heterocycles. The van der Waals surface area contributed by atoms with Crippen LogP contribution in [0, 0.1) is 11.6 Å². The normalized spacial score (nSPS) is 10.4. The quantitative estimate of drug-likeness (QED) is 0.754. The molecule has 0 saturated heterocycles. The first-order chi connectivity index (χ1) is 7.68. The minimum absolute atomic E-state index is 0.0563. The molecule has 5 heteroatoms. The number of hydrogen-bond donors (Lipinski definition) is 0. The van der Waals surface area contributed by atoms with E-state index in [1.807, 2.05) is 0 Å². The fourth-order valence-corrected chi connectivity index (χ4v) is 1.48. The summed E-state index contributed by atoms with van der Waals surface area (Å²) in [7, 11) is 0. The molecular weight excluding hydrogens is 234 g/mol. The lowest BCUT2D eigenvalue weighted by atomic mass is 10.1. The van der Waals surface area contributed by atoms with Gasteiger partial charge < -0.3 is 0 Å². The van der Waals surface area contributed by atoms with Gasteiger partial charge in [0.25, 0.3) is 0 Å². The zero-order valence-electron chi connectivity index (χ0n) is 8.12. The molecule has 2 aromatic rings. The lowest BCUT2D eigenvalue weighted by Gasteiger charge is -2.04. The number of hydrogen-bond acceptors (Lipinski definition) is 2. The highest BCUT2D eigenvalue weighted by Gasteiger charge is 2.11. The molecule has 0 aliphatic heterocycles. The van der Waals surface area contributed by atoms with Gasteiger partial charge in [-0.15, -0.1) is 0 Å². The molecule has 2 rings (SSSR count). The van der Waals surface area contributed by atoms with Crippen LogP contribution in [0.1, 0.15) is 11.3 Å². The maximum Gasteiger partial charge on any atom is 0.182 e. The van der Waals surface area contributed by atoms with Crippen molar-refractivity contribution in [2.75, 3.05) is 0 Å². The third-order valence-electron chi connectivity index (χ3n) is 2.13. The highest BCUT2D eigenvalue weighted by molar-refractivity contribution is 6.29. The van der Waals surface area contributed by atoms with Gasteiger partial charge in [0, 0.05) is 6.42 Å². The van der Waals surface area contributed by atoms with Crippen molar-refractivity contribution in [3.63, 3.8) is 0 Å². The molecule has 0 radical (unpaired) electrons. The summed E-state index contributed by atoms with van der Waals surface area (Å²) in [5.74, 6) is -1.09. The van der Waals surface area contributed by atoms with Crippen molar-refractivity contribution < 1.29 is 8.78 Å². The van der Waals surface area contributed by atoms with Crippen molar-refractivity contribution in [2.24, 2.45) is 0 Å². The maximum atomic E-state index is 13.4. The SMILES string of the molecule is Fc1ccccc1Cc1ncnc(Cl)c1F. The summed E-state index contributed by atoms with van der Waals surface area (Å²) in [6.07, 6.45) is 1.21. The van der Waals surface area contributed by atoms with E-state index in [0.717, 1.165) is 6.33 Å². The Hall–Kier alpha value is -1.55. The molecule has 0 spiro atoms. The van der Waals surface area contributed by atoms with Crippen molar-refractivity contribution >= 4 is 11.6 Å². The molecule has 0 atom stereocenters. The Balaban J connectivity index is 2.35. The number of halogens is 3. The fraction of sp³-hybridized carbons (Fsp3) is 0.0909. The highest BCUT2D eigenvalue weighted by Crippen LogP contribution is 2.17. The van der Waals surface area contributed by atoms with Crippen LogP contribution in [0.25, 0.3) is 0 Å². The third-order valence-corrected chi connectivity index (χ3v) is 2.40. The summed E-state index contributed by atoms with van der Waals surface area (Å²) < 4.78 is 26.7. The first kappa shape index (κ1) is 11.0. The molecule has 0 bridgehead atoms. The van der Waals surface area contributed by atoms with Crippen LogP contribution >= 0.6 is 11.6 Å². The minimum Gasteiger partial charge on any atom is -0.238 e. The Labute approximate surface area is 95.9 Å². The summed E-state index contributed by atoms with van der Waals surface area (Å²) in [6.45, 7) is 0. The summed E-state index contributed by atoms with van der Waals surface area (Å²) in [5, 5.41) is -0.249. The fourth-order valence-electron chi connectivity index (χ4n) is 1.33. The smallest absolute Gasteiger partial charge is 0.182 e. The molecule has 0 amide bonds. The molecule has 0 N–H and O–H groups in total. The topological polar surface area (TPSA) is 25.8 Å². The Kier molecular flexibility index (Phi) is 3.10. The third kappa shape index (κ3) is 2.17. The van der Waals surface area contributed by atoms with E-state index in [1.54, 1.807) is 18.2 Å². The van der Waals surface area contributed by atoms with Crippen molar-refractivity contribution in [3.05, 3.63) is 58.6 Å². The van der Waals surface area contributed by atoms with Gasteiger partial charge in [0.2, 0.25) is 0 Å². The van der Waals surface area contributed by atoms with E-state index in [1.165, 1.54) is 6.07 Å². The zero-order valence-corrected chi connectivity index (χ0v) is 8.88. The Morgan fingerprint density at radius 2 is 1.88 bits per heavy atom. The Morgan fingerprint density at radius 3 is 2.62 bits per heavy atom. The van der Waals surface area contributed by atoms with Gasteiger partial charge in [0.1, 0.15) is 12.1 Å². The highest BCUT2D eigenvalue weighted by atomic mass is 35.5. The standard InChI is InChI=1S/C11H7ClF2N2/c12-11-10(14)9(15-6-16-11)5-7-3-1-2-4-8(7)13/h1-4,6H,5H2. The molecule has 1 aromatic heterocycles. The van der Waals surface area contributed by atoms with E-state index in [-0.39, 0.29) is 17.3 Å². The molecule has 16 heavy (non-hydrogen) atoms. The van der Waals surface area contributed by atoms with Gasteiger partial charge in [0.15, 0.2) is 11.0 Å². The second kappa shape index (κ2) is 4.53. The second-order valence-electron chi connectivity index (χ2n) is 3.19. The van der Waals surface area contributed by atoms with Crippen LogP contribution < -0.4 is 0 Å². The molecule has 2 nitrogen and oxygen atoms in total. The summed E-state index contributed by atoms with van der Waals surface area (Å²) in [4.78, 5) is 7.23. The van der Waals surface area contributed by atoms with Gasteiger partial charge in [-0.1, -0.05) is 29.8 Å². The summed E-state index contributed by atoms with van der Waals surface area (Å²) >= 11 is 5.50. The zero-order chi connectivity index (χ0) is 11.5. The number of aromatic nitrogens is 2. The molecule has 0 aliphatic rings. The van der Waals surface area contributed by atoms with Gasteiger partial charge in [-0.25, -0.2) is 18.7 Å². The van der Waals surface area contributed by atoms with E-state index in [9.17, 15) is 8.78 Å². The summed E-state index contributed by atoms with van der Waals surface area (Å²) in [6, 6.07) is 6.14. The van der Waals surface area contributed by atoms with Gasteiger partial charge in [0.05, 0.1) is 5.69 Å². The lowest BCUT2D eigenvalue weighted by Crippen LogP contribution is -2.00. The second-order valence-corrected chi connectivity index (χ2v) is 3.55. The first-order valence-corrected chi connectivity index (χ1v) is 4.94. The van der Waals surface area contributed by atoms with Crippen LogP contribution in [0.3, 0.4) is 0 Å². The van der Waals surface area contributed by atoms with Crippen LogP contribution in [0.2, 0.25) is 5.15 Å². The van der Waals surface area contributed by atoms with Gasteiger partial charge in [-0.05, 0) is 11.6 Å². The van der Waals surface area contributed by atoms with Crippen molar-refractivity contribution in [2.45, 2.75) is 6.42 Å². The molecule has 0 saturated carbocycles. The van der Waals surface area contributed by atoms with E-state index < -0.39 is 11.6 Å². The monoisotopic (exact) mass is 240 g/mol. The van der Waals surface area contributed by atoms with E-state index >= 15 is 0 Å². The molecule has 82 valence electrons. The van der Waals surface area contributed by atoms with Crippen molar-refractivity contribution in [1.29, 1.82) is 0 Å². The average Bonchev–Trinajstić information content (AvgIpc) is 2.28. The molecule has 0 fully saturated rings. The van der Waals surface area contributed by atoms with Crippen LogP contribution in [0.4, 0.5) is 8.78 Å². The van der Waals surface area contributed by atoms with Gasteiger partial charge >= 0.3 is 0 Å². The average molecular weight is 241 g/mol. The van der Waals surface area contributed by atoms with Crippen LogP contribution in [0.15, 0.2) is 30.6 Å². The van der Waals surface area contributed by atoms with Crippen LogP contribution in [-0.2, 0) is 6.42 Å². The molecule has 0 aliphatic carbocycles. The molecular formula is C11H7ClF2N2. The predicted octanol–water partition coefficient (Wildman–Crippen LogP) is 3.00. The Bertz CT molecular complexity index is 517. The van der Waals surface area contributed by atoms with Crippen molar-refractivity contribution in [3.8, 4) is 0 Å². The maximum absolute atomic E-state index is 13.4. The molecule has 1 aromatic carbocycles. The number of nitrogens with zero attached hydrogens (tertiary/aromatic N) is 2. The van der Waals surface area contributed by atoms with Gasteiger partial charge in [-0.2, -0.15) is 0 Å². The van der Waals surface area contributed by atoms with E-state index in [4.69, 9.17) is 11.6 Å². The summed E-state index contributed by atoms with van der Waals surface area (Å²) in [5.41, 5.74) is 0.460.